The molecule has 0 saturated carbocycles. The average Bonchev–Trinajstić information content (AvgIpc) is 2.70. The molecule has 0 aliphatic rings. The molecule has 1 atom stereocenters. The number of rotatable bonds is 19. The van der Waals surface area contributed by atoms with Gasteiger partial charge < -0.3 is 39.3 Å². The summed E-state index contributed by atoms with van der Waals surface area (Å²) in [5.41, 5.74) is 6.92. The van der Waals surface area contributed by atoms with Gasteiger partial charge in [0.25, 0.3) is 0 Å². The molecule has 0 spiro atoms. The van der Waals surface area contributed by atoms with Crippen molar-refractivity contribution in [3.05, 3.63) is 35.9 Å². The largest absolute Gasteiger partial charge is 0.394 e. The molecule has 0 fully saturated rings. The van der Waals surface area contributed by atoms with E-state index in [1.807, 2.05) is 30.3 Å². The van der Waals surface area contributed by atoms with Crippen molar-refractivity contribution in [1.29, 1.82) is 0 Å². The van der Waals surface area contributed by atoms with Crippen molar-refractivity contribution < 1.29 is 33.5 Å². The minimum absolute atomic E-state index is 0.0307. The molecule has 8 heteroatoms. The molecule has 8 nitrogen and oxygen atoms in total. The highest BCUT2D eigenvalue weighted by atomic mass is 16.6. The number of hydrogen-bond acceptors (Lipinski definition) is 8. The highest BCUT2D eigenvalue weighted by Crippen LogP contribution is 2.01. The van der Waals surface area contributed by atoms with Crippen LogP contribution in [0.25, 0.3) is 0 Å². The first kappa shape index (κ1) is 23.9. The van der Waals surface area contributed by atoms with Gasteiger partial charge in [-0.2, -0.15) is 0 Å². The van der Waals surface area contributed by atoms with Crippen molar-refractivity contribution in [3.8, 4) is 0 Å². The van der Waals surface area contributed by atoms with Crippen LogP contribution in [0.4, 0.5) is 0 Å². The second-order valence-electron chi connectivity index (χ2n) is 5.58. The molecule has 0 aliphatic heterocycles. The van der Waals surface area contributed by atoms with Crippen LogP contribution in [-0.4, -0.2) is 84.0 Å². The number of aliphatic hydroxyl groups is 1. The number of ether oxygens (including phenoxy) is 6. The van der Waals surface area contributed by atoms with E-state index in [0.717, 1.165) is 5.56 Å². The fourth-order valence-corrected chi connectivity index (χ4v) is 1.97. The third kappa shape index (κ3) is 15.6. The Bertz CT molecular complexity index is 422. The third-order valence-corrected chi connectivity index (χ3v) is 3.31. The summed E-state index contributed by atoms with van der Waals surface area (Å²) in [6, 6.07) is 9.87. The Balaban J connectivity index is 1.76. The molecule has 156 valence electrons. The average molecular weight is 387 g/mol. The van der Waals surface area contributed by atoms with Crippen LogP contribution in [0.1, 0.15) is 5.56 Å². The molecule has 0 aliphatic carbocycles. The quantitative estimate of drug-likeness (QED) is 0.262. The maximum atomic E-state index is 8.53. The van der Waals surface area contributed by atoms with Crippen molar-refractivity contribution >= 4 is 0 Å². The van der Waals surface area contributed by atoms with Gasteiger partial charge in [0.1, 0.15) is 6.23 Å². The zero-order chi connectivity index (χ0) is 19.4. The summed E-state index contributed by atoms with van der Waals surface area (Å²) in [6.45, 7) is 5.09. The van der Waals surface area contributed by atoms with Crippen molar-refractivity contribution in [1.82, 2.24) is 0 Å². The second kappa shape index (κ2) is 18.3. The molecule has 1 unspecified atom stereocenters. The second-order valence-corrected chi connectivity index (χ2v) is 5.58. The Morgan fingerprint density at radius 1 is 0.704 bits per heavy atom. The Morgan fingerprint density at radius 2 is 1.19 bits per heavy atom. The summed E-state index contributed by atoms with van der Waals surface area (Å²) in [6.07, 6.45) is -0.456. The van der Waals surface area contributed by atoms with Crippen LogP contribution in [-0.2, 0) is 35.0 Å². The predicted octanol–water partition coefficient (Wildman–Crippen LogP) is 0.563. The minimum Gasteiger partial charge on any atom is -0.394 e. The minimum atomic E-state index is -0.456. The van der Waals surface area contributed by atoms with Gasteiger partial charge in [0, 0.05) is 0 Å². The zero-order valence-corrected chi connectivity index (χ0v) is 15.9. The first-order valence-electron chi connectivity index (χ1n) is 9.23. The lowest BCUT2D eigenvalue weighted by Crippen LogP contribution is -2.30. The molecular weight excluding hydrogens is 354 g/mol. The van der Waals surface area contributed by atoms with E-state index in [2.05, 4.69) is 0 Å². The molecule has 0 aromatic heterocycles. The maximum absolute atomic E-state index is 8.53. The molecule has 0 radical (unpaired) electrons. The van der Waals surface area contributed by atoms with Gasteiger partial charge >= 0.3 is 0 Å². The van der Waals surface area contributed by atoms with Crippen molar-refractivity contribution in [2.75, 3.05) is 72.7 Å². The Kier molecular flexibility index (Phi) is 16.2. The number of nitrogens with two attached hydrogens (primary N) is 1. The number of benzene rings is 1. The molecule has 1 rings (SSSR count). The van der Waals surface area contributed by atoms with E-state index in [1.165, 1.54) is 0 Å². The first-order chi connectivity index (χ1) is 13.3. The summed E-state index contributed by atoms with van der Waals surface area (Å²) >= 11 is 0. The normalized spacial score (nSPS) is 12.4. The van der Waals surface area contributed by atoms with Crippen LogP contribution in [0.5, 0.6) is 0 Å². The standard InChI is InChI=1S/C19H33NO7/c20-19(27-16-18-4-2-1-3-5-18)17-26-15-14-25-13-12-24-11-10-23-9-8-22-7-6-21/h1-5,19,21H,6-17,20H2. The van der Waals surface area contributed by atoms with E-state index in [4.69, 9.17) is 39.3 Å². The molecule has 0 saturated heterocycles. The lowest BCUT2D eigenvalue weighted by molar-refractivity contribution is -0.0419. The van der Waals surface area contributed by atoms with E-state index in [0.29, 0.717) is 72.7 Å². The monoisotopic (exact) mass is 387 g/mol. The van der Waals surface area contributed by atoms with Gasteiger partial charge in [0.05, 0.1) is 79.3 Å². The van der Waals surface area contributed by atoms with Crippen molar-refractivity contribution in [3.63, 3.8) is 0 Å². The fourth-order valence-electron chi connectivity index (χ4n) is 1.97. The van der Waals surface area contributed by atoms with Crippen LogP contribution in [0.15, 0.2) is 30.3 Å². The van der Waals surface area contributed by atoms with E-state index in [1.54, 1.807) is 0 Å². The predicted molar refractivity (Wildman–Crippen MR) is 100 cm³/mol. The highest BCUT2D eigenvalue weighted by Gasteiger charge is 2.03. The number of hydrogen-bond donors (Lipinski definition) is 2. The summed E-state index contributed by atoms with van der Waals surface area (Å²) in [7, 11) is 0. The molecule has 1 aromatic carbocycles. The topological polar surface area (TPSA) is 102 Å². The van der Waals surface area contributed by atoms with E-state index >= 15 is 0 Å². The van der Waals surface area contributed by atoms with Crippen molar-refractivity contribution in [2.45, 2.75) is 12.8 Å². The fraction of sp³-hybridized carbons (Fsp3) is 0.684. The highest BCUT2D eigenvalue weighted by molar-refractivity contribution is 5.13. The van der Waals surface area contributed by atoms with Crippen LogP contribution in [0, 0.1) is 0 Å². The van der Waals surface area contributed by atoms with Crippen LogP contribution >= 0.6 is 0 Å². The molecule has 1 aromatic rings. The van der Waals surface area contributed by atoms with Crippen LogP contribution in [0.3, 0.4) is 0 Å². The first-order valence-corrected chi connectivity index (χ1v) is 9.23. The summed E-state index contributed by atoms with van der Waals surface area (Å²) in [5, 5.41) is 8.53. The van der Waals surface area contributed by atoms with Gasteiger partial charge in [-0.25, -0.2) is 0 Å². The van der Waals surface area contributed by atoms with Gasteiger partial charge in [-0.15, -0.1) is 0 Å². The van der Waals surface area contributed by atoms with E-state index < -0.39 is 6.23 Å². The number of aliphatic hydroxyl groups excluding tert-OH is 1. The molecule has 27 heavy (non-hydrogen) atoms. The summed E-state index contributed by atoms with van der Waals surface area (Å²) < 4.78 is 32.1. The van der Waals surface area contributed by atoms with Gasteiger partial charge in [-0.3, -0.25) is 0 Å². The molecule has 3 N–H and O–H groups in total. The van der Waals surface area contributed by atoms with Gasteiger partial charge in [-0.1, -0.05) is 30.3 Å². The molecular formula is C19H33NO7. The van der Waals surface area contributed by atoms with Crippen LogP contribution < -0.4 is 5.73 Å². The van der Waals surface area contributed by atoms with Gasteiger partial charge in [0.2, 0.25) is 0 Å². The molecule has 0 amide bonds. The van der Waals surface area contributed by atoms with E-state index in [9.17, 15) is 0 Å². The lowest BCUT2D eigenvalue weighted by atomic mass is 10.2. The smallest absolute Gasteiger partial charge is 0.129 e. The lowest BCUT2D eigenvalue weighted by Gasteiger charge is -2.13. The third-order valence-electron chi connectivity index (χ3n) is 3.31. The Labute approximate surface area is 161 Å². The SMILES string of the molecule is NC(COCCOCCOCCOCCOCCO)OCc1ccccc1. The Hall–Kier alpha value is -1.10. The van der Waals surface area contributed by atoms with E-state index in [-0.39, 0.29) is 6.61 Å². The maximum Gasteiger partial charge on any atom is 0.129 e. The van der Waals surface area contributed by atoms with Crippen molar-refractivity contribution in [2.24, 2.45) is 5.73 Å². The summed E-state index contributed by atoms with van der Waals surface area (Å²) in [5.74, 6) is 0. The summed E-state index contributed by atoms with van der Waals surface area (Å²) in [4.78, 5) is 0. The zero-order valence-electron chi connectivity index (χ0n) is 15.9. The van der Waals surface area contributed by atoms with Gasteiger partial charge in [-0.05, 0) is 5.56 Å². The van der Waals surface area contributed by atoms with Crippen LogP contribution in [0.2, 0.25) is 0 Å². The molecule has 0 bridgehead atoms. The molecule has 0 heterocycles. The van der Waals surface area contributed by atoms with Gasteiger partial charge in [0.15, 0.2) is 0 Å². The Morgan fingerprint density at radius 3 is 1.70 bits per heavy atom.